The fourth-order valence-corrected chi connectivity index (χ4v) is 3.38. The number of nitrogen functional groups attached to an aromatic ring is 1. The summed E-state index contributed by atoms with van der Waals surface area (Å²) in [6, 6.07) is 6.77. The van der Waals surface area contributed by atoms with E-state index in [2.05, 4.69) is 24.1 Å². The molecule has 1 aliphatic rings. The van der Waals surface area contributed by atoms with Crippen LogP contribution in [0.3, 0.4) is 0 Å². The van der Waals surface area contributed by atoms with Gasteiger partial charge >= 0.3 is 0 Å². The van der Waals surface area contributed by atoms with Crippen LogP contribution in [0.25, 0.3) is 0 Å². The van der Waals surface area contributed by atoms with E-state index in [1.165, 1.54) is 25.7 Å². The van der Waals surface area contributed by atoms with Crippen LogP contribution in [0.4, 0.5) is 5.69 Å². The molecule has 0 amide bonds. The van der Waals surface area contributed by atoms with Crippen LogP contribution in [0.5, 0.6) is 0 Å². The zero-order valence-electron chi connectivity index (χ0n) is 11.1. The van der Waals surface area contributed by atoms with E-state index in [0.29, 0.717) is 6.04 Å². The molecular weight excluding hydrogens is 242 g/mol. The summed E-state index contributed by atoms with van der Waals surface area (Å²) in [6.45, 7) is 0. The van der Waals surface area contributed by atoms with Crippen LogP contribution in [0.15, 0.2) is 23.1 Å². The van der Waals surface area contributed by atoms with Gasteiger partial charge in [0, 0.05) is 23.7 Å². The molecule has 0 saturated heterocycles. The van der Waals surface area contributed by atoms with Crippen LogP contribution in [-0.4, -0.2) is 25.2 Å². The molecule has 0 spiro atoms. The first-order chi connectivity index (χ1) is 8.65. The van der Waals surface area contributed by atoms with Gasteiger partial charge in [-0.1, -0.05) is 18.9 Å². The number of benzene rings is 1. The first kappa shape index (κ1) is 13.3. The number of anilines is 1. The third-order valence-electron chi connectivity index (χ3n) is 3.75. The number of rotatable bonds is 4. The van der Waals surface area contributed by atoms with Crippen LogP contribution in [-0.2, 0) is 0 Å². The van der Waals surface area contributed by atoms with Crippen molar-refractivity contribution < 1.29 is 0 Å². The molecule has 1 saturated carbocycles. The molecule has 3 nitrogen and oxygen atoms in total. The summed E-state index contributed by atoms with van der Waals surface area (Å²) in [5.41, 5.74) is 7.76. The van der Waals surface area contributed by atoms with Crippen molar-refractivity contribution in [3.8, 4) is 0 Å². The number of nitrogens with one attached hydrogen (secondary N) is 1. The SMILES string of the molecule is CSc1cccc(N(C)C2CCCC2)c1C(=N)N. The van der Waals surface area contributed by atoms with E-state index in [-0.39, 0.29) is 5.84 Å². The smallest absolute Gasteiger partial charge is 0.126 e. The van der Waals surface area contributed by atoms with Crippen molar-refractivity contribution in [1.82, 2.24) is 0 Å². The Morgan fingerprint density at radius 1 is 1.39 bits per heavy atom. The molecule has 0 atom stereocenters. The predicted octanol–water partition coefficient (Wildman–Crippen LogP) is 3.07. The number of amidine groups is 1. The third kappa shape index (κ3) is 2.48. The van der Waals surface area contributed by atoms with Gasteiger partial charge in [-0.25, -0.2) is 0 Å². The Labute approximate surface area is 113 Å². The van der Waals surface area contributed by atoms with E-state index >= 15 is 0 Å². The van der Waals surface area contributed by atoms with Gasteiger partial charge < -0.3 is 10.6 Å². The first-order valence-corrected chi connectivity index (χ1v) is 7.62. The Hall–Kier alpha value is -1.16. The van der Waals surface area contributed by atoms with Crippen LogP contribution < -0.4 is 10.6 Å². The van der Waals surface area contributed by atoms with Crippen molar-refractivity contribution >= 4 is 23.3 Å². The van der Waals surface area contributed by atoms with Gasteiger partial charge in [0.15, 0.2) is 0 Å². The van der Waals surface area contributed by atoms with E-state index in [1.54, 1.807) is 11.8 Å². The van der Waals surface area contributed by atoms with Crippen LogP contribution >= 0.6 is 11.8 Å². The molecule has 98 valence electrons. The van der Waals surface area contributed by atoms with E-state index in [9.17, 15) is 0 Å². The monoisotopic (exact) mass is 263 g/mol. The summed E-state index contributed by atoms with van der Waals surface area (Å²) in [5, 5.41) is 7.82. The zero-order valence-corrected chi connectivity index (χ0v) is 11.9. The molecule has 1 aromatic rings. The Balaban J connectivity index is 2.39. The van der Waals surface area contributed by atoms with Crippen molar-refractivity contribution in [2.24, 2.45) is 5.73 Å². The molecule has 1 aromatic carbocycles. The second-order valence-corrected chi connectivity index (χ2v) is 5.67. The van der Waals surface area contributed by atoms with Gasteiger partial charge in [0.1, 0.15) is 5.84 Å². The normalized spacial score (nSPS) is 15.9. The van der Waals surface area contributed by atoms with Crippen molar-refractivity contribution in [3.05, 3.63) is 23.8 Å². The Kier molecular flexibility index (Phi) is 4.17. The average molecular weight is 263 g/mol. The first-order valence-electron chi connectivity index (χ1n) is 6.39. The molecule has 3 N–H and O–H groups in total. The topological polar surface area (TPSA) is 53.1 Å². The third-order valence-corrected chi connectivity index (χ3v) is 4.53. The minimum absolute atomic E-state index is 0.166. The average Bonchev–Trinajstić information content (AvgIpc) is 2.90. The number of nitrogens with zero attached hydrogens (tertiary/aromatic N) is 1. The summed E-state index contributed by atoms with van der Waals surface area (Å²) in [7, 11) is 2.13. The molecule has 18 heavy (non-hydrogen) atoms. The fraction of sp³-hybridized carbons (Fsp3) is 0.500. The lowest BCUT2D eigenvalue weighted by Crippen LogP contribution is -2.31. The Bertz CT molecular complexity index is 439. The quantitative estimate of drug-likeness (QED) is 0.498. The number of thioether (sulfide) groups is 1. The Morgan fingerprint density at radius 2 is 2.06 bits per heavy atom. The Morgan fingerprint density at radius 3 is 2.61 bits per heavy atom. The molecule has 0 aromatic heterocycles. The number of hydrogen-bond donors (Lipinski definition) is 2. The second kappa shape index (κ2) is 5.65. The van der Waals surface area contributed by atoms with Crippen molar-refractivity contribution in [2.45, 2.75) is 36.6 Å². The van der Waals surface area contributed by atoms with Crippen LogP contribution in [0, 0.1) is 5.41 Å². The summed E-state index contributed by atoms with van der Waals surface area (Å²) >= 11 is 1.65. The molecular formula is C14H21N3S. The van der Waals surface area contributed by atoms with Gasteiger partial charge in [0.2, 0.25) is 0 Å². The minimum Gasteiger partial charge on any atom is -0.384 e. The van der Waals surface area contributed by atoms with Gasteiger partial charge in [-0.15, -0.1) is 11.8 Å². The predicted molar refractivity (Wildman–Crippen MR) is 79.9 cm³/mol. The molecule has 0 bridgehead atoms. The van der Waals surface area contributed by atoms with E-state index in [4.69, 9.17) is 11.1 Å². The van der Waals surface area contributed by atoms with Crippen molar-refractivity contribution in [3.63, 3.8) is 0 Å². The maximum atomic E-state index is 7.82. The van der Waals surface area contributed by atoms with E-state index in [1.807, 2.05) is 12.3 Å². The number of hydrogen-bond acceptors (Lipinski definition) is 3. The van der Waals surface area contributed by atoms with Gasteiger partial charge in [0.25, 0.3) is 0 Å². The van der Waals surface area contributed by atoms with Gasteiger partial charge in [-0.3, -0.25) is 5.41 Å². The lowest BCUT2D eigenvalue weighted by atomic mass is 10.1. The molecule has 2 rings (SSSR count). The fourth-order valence-electron chi connectivity index (χ4n) is 2.74. The molecule has 0 heterocycles. The maximum absolute atomic E-state index is 7.82. The van der Waals surface area contributed by atoms with Crippen LogP contribution in [0.2, 0.25) is 0 Å². The summed E-state index contributed by atoms with van der Waals surface area (Å²) in [6.07, 6.45) is 7.15. The summed E-state index contributed by atoms with van der Waals surface area (Å²) in [4.78, 5) is 3.40. The summed E-state index contributed by atoms with van der Waals surface area (Å²) in [5.74, 6) is 0.166. The lowest BCUT2D eigenvalue weighted by Gasteiger charge is -2.29. The lowest BCUT2D eigenvalue weighted by molar-refractivity contribution is 0.652. The summed E-state index contributed by atoms with van der Waals surface area (Å²) < 4.78 is 0. The highest BCUT2D eigenvalue weighted by Crippen LogP contribution is 2.33. The minimum atomic E-state index is 0.166. The van der Waals surface area contributed by atoms with Gasteiger partial charge in [-0.2, -0.15) is 0 Å². The molecule has 0 radical (unpaired) electrons. The second-order valence-electron chi connectivity index (χ2n) is 4.82. The van der Waals surface area contributed by atoms with Crippen LogP contribution in [0.1, 0.15) is 31.2 Å². The molecule has 0 unspecified atom stereocenters. The van der Waals surface area contributed by atoms with Gasteiger partial charge in [0.05, 0.1) is 5.56 Å². The van der Waals surface area contributed by atoms with E-state index in [0.717, 1.165) is 16.1 Å². The molecule has 1 fully saturated rings. The molecule has 1 aliphatic carbocycles. The van der Waals surface area contributed by atoms with Crippen molar-refractivity contribution in [1.29, 1.82) is 5.41 Å². The highest BCUT2D eigenvalue weighted by molar-refractivity contribution is 7.98. The van der Waals surface area contributed by atoms with E-state index < -0.39 is 0 Å². The van der Waals surface area contributed by atoms with Crippen molar-refractivity contribution in [2.75, 3.05) is 18.2 Å². The molecule has 0 aliphatic heterocycles. The number of nitrogens with two attached hydrogens (primary N) is 1. The largest absolute Gasteiger partial charge is 0.384 e. The highest BCUT2D eigenvalue weighted by atomic mass is 32.2. The molecule has 4 heteroatoms. The highest BCUT2D eigenvalue weighted by Gasteiger charge is 2.23. The van der Waals surface area contributed by atoms with Gasteiger partial charge in [-0.05, 0) is 31.2 Å². The zero-order chi connectivity index (χ0) is 13.1. The maximum Gasteiger partial charge on any atom is 0.126 e. The standard InChI is InChI=1S/C14H21N3S/c1-17(10-6-3-4-7-10)11-8-5-9-12(18-2)13(11)14(15)16/h5,8-10H,3-4,6-7H2,1-2H3,(H3,15,16).